The molecule has 0 aliphatic heterocycles. The molecule has 0 heterocycles. The molecule has 0 bridgehead atoms. The molecule has 0 spiro atoms. The van der Waals surface area contributed by atoms with Crippen molar-refractivity contribution in [3.63, 3.8) is 0 Å². The molecule has 0 saturated carbocycles. The number of carbonyl (C=O) groups excluding carboxylic acids is 1. The molecule has 1 aromatic carbocycles. The van der Waals surface area contributed by atoms with Crippen molar-refractivity contribution in [1.29, 1.82) is 0 Å². The highest BCUT2D eigenvalue weighted by atomic mass is 19.2. The summed E-state index contributed by atoms with van der Waals surface area (Å²) >= 11 is 0. The number of hydrogen-bond acceptors (Lipinski definition) is 2. The predicted molar refractivity (Wildman–Crippen MR) is 61.1 cm³/mol. The second-order valence-corrected chi connectivity index (χ2v) is 4.66. The second-order valence-electron chi connectivity index (χ2n) is 4.66. The number of halogens is 2. The molecule has 17 heavy (non-hydrogen) atoms. The number of hydrogen-bond donors (Lipinski definition) is 1. The van der Waals surface area contributed by atoms with E-state index in [1.807, 2.05) is 0 Å². The Morgan fingerprint density at radius 2 is 1.82 bits per heavy atom. The highest BCUT2D eigenvalue weighted by molar-refractivity contribution is 5.84. The van der Waals surface area contributed by atoms with Crippen LogP contribution >= 0.6 is 0 Å². The summed E-state index contributed by atoms with van der Waals surface area (Å²) in [5.41, 5.74) is -0.484. The Kier molecular flexibility index (Phi) is 3.70. The van der Waals surface area contributed by atoms with Gasteiger partial charge in [0.2, 0.25) is 0 Å². The maximum atomic E-state index is 13.7. The Labute approximate surface area is 98.8 Å². The van der Waals surface area contributed by atoms with Crippen LogP contribution in [0.4, 0.5) is 19.3 Å². The van der Waals surface area contributed by atoms with Gasteiger partial charge in [0.15, 0.2) is 11.6 Å². The van der Waals surface area contributed by atoms with E-state index in [2.05, 4.69) is 10.1 Å². The summed E-state index contributed by atoms with van der Waals surface area (Å²) in [5, 5.41) is 2.10. The molecule has 94 valence electrons. The Hall–Kier alpha value is -1.65. The van der Waals surface area contributed by atoms with Crippen LogP contribution in [-0.2, 0) is 10.2 Å². The van der Waals surface area contributed by atoms with Crippen molar-refractivity contribution < 1.29 is 18.3 Å². The number of ether oxygens (including phenoxy) is 1. The molecule has 1 aromatic rings. The van der Waals surface area contributed by atoms with Crippen LogP contribution in [0.25, 0.3) is 0 Å². The Balaban J connectivity index is 3.15. The molecule has 1 rings (SSSR count). The van der Waals surface area contributed by atoms with Gasteiger partial charge in [-0.1, -0.05) is 26.8 Å². The number of nitrogens with one attached hydrogen (secondary N) is 1. The largest absolute Gasteiger partial charge is 0.453 e. The average molecular weight is 243 g/mol. The maximum Gasteiger partial charge on any atom is 0.411 e. The van der Waals surface area contributed by atoms with Gasteiger partial charge in [0.05, 0.1) is 12.8 Å². The maximum absolute atomic E-state index is 13.7. The van der Waals surface area contributed by atoms with Crippen LogP contribution in [0.2, 0.25) is 0 Å². The summed E-state index contributed by atoms with van der Waals surface area (Å²) in [6, 6.07) is 2.76. The van der Waals surface area contributed by atoms with Gasteiger partial charge in [-0.25, -0.2) is 13.6 Å². The molecule has 0 saturated heterocycles. The molecular formula is C12H15F2NO2. The molecule has 3 nitrogen and oxygen atoms in total. The Morgan fingerprint density at radius 1 is 1.24 bits per heavy atom. The molecule has 0 aromatic heterocycles. The van der Waals surface area contributed by atoms with Gasteiger partial charge in [-0.2, -0.15) is 0 Å². The standard InChI is InChI=1S/C12H15F2NO2/c1-12(2,3)7-5-6-8(10(14)9(7)13)15-11(16)17-4/h5-6H,1-4H3,(H,15,16). The van der Waals surface area contributed by atoms with Gasteiger partial charge in [0.25, 0.3) is 0 Å². The van der Waals surface area contributed by atoms with Crippen LogP contribution in [-0.4, -0.2) is 13.2 Å². The molecule has 0 fully saturated rings. The zero-order valence-electron chi connectivity index (χ0n) is 10.2. The van der Waals surface area contributed by atoms with Crippen LogP contribution in [0.15, 0.2) is 12.1 Å². The lowest BCUT2D eigenvalue weighted by Gasteiger charge is -2.20. The highest BCUT2D eigenvalue weighted by Gasteiger charge is 2.23. The van der Waals surface area contributed by atoms with Crippen molar-refractivity contribution in [2.24, 2.45) is 0 Å². The summed E-state index contributed by atoms with van der Waals surface area (Å²) in [6.07, 6.45) is -0.841. The lowest BCUT2D eigenvalue weighted by molar-refractivity contribution is 0.186. The first-order valence-corrected chi connectivity index (χ1v) is 5.11. The Morgan fingerprint density at radius 3 is 2.29 bits per heavy atom. The van der Waals surface area contributed by atoms with Gasteiger partial charge in [-0.3, -0.25) is 5.32 Å². The second kappa shape index (κ2) is 4.69. The number of methoxy groups -OCH3 is 1. The molecule has 1 amide bonds. The van der Waals surface area contributed by atoms with E-state index in [4.69, 9.17) is 0 Å². The van der Waals surface area contributed by atoms with Crippen LogP contribution in [0.3, 0.4) is 0 Å². The molecule has 0 aliphatic rings. The third-order valence-electron chi connectivity index (χ3n) is 2.31. The van der Waals surface area contributed by atoms with Crippen molar-refractivity contribution in [2.75, 3.05) is 12.4 Å². The molecular weight excluding hydrogens is 228 g/mol. The molecule has 0 unspecified atom stereocenters. The fourth-order valence-electron chi connectivity index (χ4n) is 1.39. The summed E-state index contributed by atoms with van der Waals surface area (Å²) in [4.78, 5) is 10.9. The van der Waals surface area contributed by atoms with Crippen molar-refractivity contribution in [3.05, 3.63) is 29.3 Å². The van der Waals surface area contributed by atoms with E-state index >= 15 is 0 Å². The van der Waals surface area contributed by atoms with Crippen molar-refractivity contribution >= 4 is 11.8 Å². The predicted octanol–water partition coefficient (Wildman–Crippen LogP) is 3.44. The van der Waals surface area contributed by atoms with Crippen LogP contribution in [0, 0.1) is 11.6 Å². The fraction of sp³-hybridized carbons (Fsp3) is 0.417. The number of anilines is 1. The summed E-state index contributed by atoms with van der Waals surface area (Å²) in [5.74, 6) is -2.03. The topological polar surface area (TPSA) is 38.3 Å². The SMILES string of the molecule is COC(=O)Nc1ccc(C(C)(C)C)c(F)c1F. The molecule has 0 atom stereocenters. The molecule has 0 radical (unpaired) electrons. The quantitative estimate of drug-likeness (QED) is 0.820. The first kappa shape index (κ1) is 13.4. The monoisotopic (exact) mass is 243 g/mol. The van der Waals surface area contributed by atoms with Crippen molar-refractivity contribution in [1.82, 2.24) is 0 Å². The highest BCUT2D eigenvalue weighted by Crippen LogP contribution is 2.29. The smallest absolute Gasteiger partial charge is 0.411 e. The van der Waals surface area contributed by atoms with Gasteiger partial charge >= 0.3 is 6.09 Å². The van der Waals surface area contributed by atoms with Crippen molar-refractivity contribution in [3.8, 4) is 0 Å². The van der Waals surface area contributed by atoms with Crippen molar-refractivity contribution in [2.45, 2.75) is 26.2 Å². The zero-order chi connectivity index (χ0) is 13.2. The minimum atomic E-state index is -1.08. The Bertz CT molecular complexity index is 439. The third kappa shape index (κ3) is 2.93. The number of amides is 1. The number of benzene rings is 1. The van der Waals surface area contributed by atoms with E-state index in [0.29, 0.717) is 0 Å². The first-order valence-electron chi connectivity index (χ1n) is 5.11. The van der Waals surface area contributed by atoms with E-state index in [0.717, 1.165) is 7.11 Å². The summed E-state index contributed by atoms with van der Waals surface area (Å²) < 4.78 is 31.7. The van der Waals surface area contributed by atoms with E-state index in [9.17, 15) is 13.6 Å². The minimum Gasteiger partial charge on any atom is -0.453 e. The normalized spacial score (nSPS) is 11.2. The van der Waals surface area contributed by atoms with Gasteiger partial charge in [-0.05, 0) is 17.0 Å². The first-order chi connectivity index (χ1) is 7.77. The number of carbonyl (C=O) groups is 1. The molecule has 0 aliphatic carbocycles. The van der Waals surface area contributed by atoms with E-state index in [1.54, 1.807) is 20.8 Å². The van der Waals surface area contributed by atoms with Crippen LogP contribution < -0.4 is 5.32 Å². The van der Waals surface area contributed by atoms with E-state index in [1.165, 1.54) is 12.1 Å². The molecule has 5 heteroatoms. The summed E-state index contributed by atoms with van der Waals surface area (Å²) in [6.45, 7) is 5.33. The zero-order valence-corrected chi connectivity index (χ0v) is 10.2. The minimum absolute atomic E-state index is 0.234. The van der Waals surface area contributed by atoms with Gasteiger partial charge in [0.1, 0.15) is 0 Å². The average Bonchev–Trinajstić information content (AvgIpc) is 2.22. The van der Waals surface area contributed by atoms with E-state index in [-0.39, 0.29) is 11.3 Å². The molecule has 1 N–H and O–H groups in total. The summed E-state index contributed by atoms with van der Waals surface area (Å²) in [7, 11) is 1.15. The lowest BCUT2D eigenvalue weighted by Crippen LogP contribution is -2.17. The third-order valence-corrected chi connectivity index (χ3v) is 2.31. The lowest BCUT2D eigenvalue weighted by atomic mass is 9.86. The fourth-order valence-corrected chi connectivity index (χ4v) is 1.39. The van der Waals surface area contributed by atoms with Crippen LogP contribution in [0.5, 0.6) is 0 Å². The number of rotatable bonds is 1. The van der Waals surface area contributed by atoms with Gasteiger partial charge < -0.3 is 4.74 Å². The van der Waals surface area contributed by atoms with Crippen LogP contribution in [0.1, 0.15) is 26.3 Å². The van der Waals surface area contributed by atoms with Gasteiger partial charge in [-0.15, -0.1) is 0 Å². The van der Waals surface area contributed by atoms with Gasteiger partial charge in [0, 0.05) is 0 Å². The van der Waals surface area contributed by atoms with E-state index < -0.39 is 23.1 Å².